The molecule has 1 aliphatic rings. The SMILES string of the molecule is CC(C)(Sc1nnc(Br)n1-c1cccc2ccccc12)C(=O)ON1CCNCC1. The van der Waals surface area contributed by atoms with Gasteiger partial charge < -0.3 is 10.2 Å². The van der Waals surface area contributed by atoms with Crippen molar-refractivity contribution in [2.45, 2.75) is 23.8 Å². The van der Waals surface area contributed by atoms with E-state index in [1.165, 1.54) is 11.8 Å². The Kier molecular flexibility index (Phi) is 5.91. The molecule has 0 unspecified atom stereocenters. The first kappa shape index (κ1) is 20.3. The van der Waals surface area contributed by atoms with Gasteiger partial charge in [0.1, 0.15) is 4.75 Å². The lowest BCUT2D eigenvalue weighted by Crippen LogP contribution is -2.46. The molecule has 1 aliphatic heterocycles. The minimum atomic E-state index is -0.834. The highest BCUT2D eigenvalue weighted by Crippen LogP contribution is 2.36. The van der Waals surface area contributed by atoms with Crippen molar-refractivity contribution in [3.8, 4) is 5.69 Å². The van der Waals surface area contributed by atoms with Crippen LogP contribution in [0.2, 0.25) is 0 Å². The van der Waals surface area contributed by atoms with E-state index in [0.29, 0.717) is 23.0 Å². The molecule has 7 nitrogen and oxygen atoms in total. The first-order valence-corrected chi connectivity index (χ1v) is 11.0. The zero-order valence-electron chi connectivity index (χ0n) is 16.3. The first-order chi connectivity index (χ1) is 14.0. The Morgan fingerprint density at radius 2 is 1.86 bits per heavy atom. The fourth-order valence-electron chi connectivity index (χ4n) is 3.16. The molecular formula is C20H22BrN5O2S. The van der Waals surface area contributed by atoms with Gasteiger partial charge in [0, 0.05) is 31.6 Å². The van der Waals surface area contributed by atoms with Gasteiger partial charge in [0.15, 0.2) is 5.16 Å². The van der Waals surface area contributed by atoms with E-state index in [0.717, 1.165) is 29.5 Å². The number of benzene rings is 2. The number of halogens is 1. The van der Waals surface area contributed by atoms with Gasteiger partial charge in [0.2, 0.25) is 4.73 Å². The summed E-state index contributed by atoms with van der Waals surface area (Å²) >= 11 is 4.84. The van der Waals surface area contributed by atoms with Crippen LogP contribution in [-0.4, -0.2) is 56.7 Å². The number of nitrogens with one attached hydrogen (secondary N) is 1. The van der Waals surface area contributed by atoms with Gasteiger partial charge in [-0.05, 0) is 41.2 Å². The normalized spacial score (nSPS) is 15.6. The summed E-state index contributed by atoms with van der Waals surface area (Å²) in [7, 11) is 0. The molecule has 2 heterocycles. The molecule has 9 heteroatoms. The van der Waals surface area contributed by atoms with Crippen LogP contribution in [0.4, 0.5) is 0 Å². The van der Waals surface area contributed by atoms with Crippen LogP contribution in [0.1, 0.15) is 13.8 Å². The second kappa shape index (κ2) is 8.43. The zero-order valence-corrected chi connectivity index (χ0v) is 18.7. The van der Waals surface area contributed by atoms with Crippen molar-refractivity contribution in [2.75, 3.05) is 26.2 Å². The number of rotatable bonds is 5. The molecule has 0 atom stereocenters. The van der Waals surface area contributed by atoms with Gasteiger partial charge in [-0.2, -0.15) is 0 Å². The van der Waals surface area contributed by atoms with Crippen molar-refractivity contribution in [2.24, 2.45) is 0 Å². The topological polar surface area (TPSA) is 72.3 Å². The van der Waals surface area contributed by atoms with Crippen LogP contribution in [-0.2, 0) is 9.63 Å². The molecule has 4 rings (SSSR count). The minimum absolute atomic E-state index is 0.298. The highest BCUT2D eigenvalue weighted by Gasteiger charge is 2.35. The van der Waals surface area contributed by atoms with Gasteiger partial charge >= 0.3 is 5.97 Å². The highest BCUT2D eigenvalue weighted by molar-refractivity contribution is 9.10. The molecule has 0 spiro atoms. The third kappa shape index (κ3) is 4.32. The van der Waals surface area contributed by atoms with Crippen LogP contribution in [0.15, 0.2) is 52.4 Å². The maximum Gasteiger partial charge on any atom is 0.340 e. The lowest BCUT2D eigenvalue weighted by molar-refractivity contribution is -0.194. The van der Waals surface area contributed by atoms with Crippen LogP contribution in [0, 0.1) is 0 Å². The molecule has 29 heavy (non-hydrogen) atoms. The predicted molar refractivity (Wildman–Crippen MR) is 117 cm³/mol. The minimum Gasteiger partial charge on any atom is -0.366 e. The Balaban J connectivity index is 1.62. The molecule has 3 aromatic rings. The predicted octanol–water partition coefficient (Wildman–Crippen LogP) is 3.42. The summed E-state index contributed by atoms with van der Waals surface area (Å²) < 4.78 is 1.68. The average molecular weight is 476 g/mol. The lowest BCUT2D eigenvalue weighted by Gasteiger charge is -2.29. The van der Waals surface area contributed by atoms with E-state index in [1.807, 2.05) is 42.7 Å². The van der Waals surface area contributed by atoms with Gasteiger partial charge in [0.25, 0.3) is 0 Å². The Morgan fingerprint density at radius 3 is 2.66 bits per heavy atom. The highest BCUT2D eigenvalue weighted by atomic mass is 79.9. The van der Waals surface area contributed by atoms with Crippen molar-refractivity contribution in [1.82, 2.24) is 25.1 Å². The number of hydrogen-bond donors (Lipinski definition) is 1. The molecule has 0 radical (unpaired) electrons. The van der Waals surface area contributed by atoms with Gasteiger partial charge in [-0.15, -0.1) is 15.3 Å². The van der Waals surface area contributed by atoms with Crippen LogP contribution in [0.3, 0.4) is 0 Å². The number of hydrogen-bond acceptors (Lipinski definition) is 7. The van der Waals surface area contributed by atoms with Gasteiger partial charge in [-0.1, -0.05) is 48.2 Å². The fraction of sp³-hybridized carbons (Fsp3) is 0.350. The van der Waals surface area contributed by atoms with Crippen molar-refractivity contribution >= 4 is 44.4 Å². The van der Waals surface area contributed by atoms with Crippen molar-refractivity contribution in [3.63, 3.8) is 0 Å². The molecule has 0 saturated carbocycles. The van der Waals surface area contributed by atoms with Gasteiger partial charge in [-0.3, -0.25) is 4.57 Å². The summed E-state index contributed by atoms with van der Waals surface area (Å²) in [6.07, 6.45) is 0. The molecule has 1 N–H and O–H groups in total. The van der Waals surface area contributed by atoms with E-state index < -0.39 is 4.75 Å². The van der Waals surface area contributed by atoms with Gasteiger partial charge in [0.05, 0.1) is 5.69 Å². The summed E-state index contributed by atoms with van der Waals surface area (Å²) in [5, 5.41) is 16.3. The summed E-state index contributed by atoms with van der Waals surface area (Å²) in [6.45, 7) is 6.68. The van der Waals surface area contributed by atoms with Crippen molar-refractivity contribution < 1.29 is 9.63 Å². The largest absolute Gasteiger partial charge is 0.366 e. The number of carbonyl (C=O) groups excluding carboxylic acids is 1. The molecule has 0 bridgehead atoms. The Bertz CT molecular complexity index is 1030. The molecule has 152 valence electrons. The second-order valence-corrected chi connectivity index (χ2v) is 9.55. The molecule has 1 fully saturated rings. The Labute approximate surface area is 181 Å². The molecule has 1 aromatic heterocycles. The molecular weight excluding hydrogens is 454 g/mol. The van der Waals surface area contributed by atoms with Crippen LogP contribution < -0.4 is 5.32 Å². The molecule has 2 aromatic carbocycles. The van der Waals surface area contributed by atoms with E-state index in [4.69, 9.17) is 4.84 Å². The van der Waals surface area contributed by atoms with Gasteiger partial charge in [-0.25, -0.2) is 4.79 Å². The molecule has 0 amide bonds. The third-order valence-corrected chi connectivity index (χ3v) is 6.36. The molecule has 1 saturated heterocycles. The van der Waals surface area contributed by atoms with E-state index >= 15 is 0 Å². The first-order valence-electron chi connectivity index (χ1n) is 9.42. The summed E-state index contributed by atoms with van der Waals surface area (Å²) in [6, 6.07) is 14.2. The number of hydroxylamine groups is 2. The summed E-state index contributed by atoms with van der Waals surface area (Å²) in [5.74, 6) is -0.298. The monoisotopic (exact) mass is 475 g/mol. The summed E-state index contributed by atoms with van der Waals surface area (Å²) in [4.78, 5) is 18.4. The zero-order chi connectivity index (χ0) is 20.4. The Morgan fingerprint density at radius 1 is 1.14 bits per heavy atom. The van der Waals surface area contributed by atoms with Crippen molar-refractivity contribution in [3.05, 3.63) is 47.2 Å². The van der Waals surface area contributed by atoms with Crippen LogP contribution >= 0.6 is 27.7 Å². The van der Waals surface area contributed by atoms with E-state index in [1.54, 1.807) is 5.06 Å². The van der Waals surface area contributed by atoms with Crippen LogP contribution in [0.25, 0.3) is 16.5 Å². The number of thioether (sulfide) groups is 1. The van der Waals surface area contributed by atoms with E-state index in [9.17, 15) is 4.79 Å². The average Bonchev–Trinajstić information content (AvgIpc) is 3.07. The third-order valence-electron chi connectivity index (χ3n) is 4.73. The maximum atomic E-state index is 12.8. The summed E-state index contributed by atoms with van der Waals surface area (Å²) in [5.41, 5.74) is 0.953. The fourth-order valence-corrected chi connectivity index (χ4v) is 4.65. The standard InChI is InChI=1S/C20H22BrN5O2S/c1-20(2,17(27)28-25-12-10-22-11-13-25)29-19-24-23-18(21)26(19)16-9-5-7-14-6-3-4-8-15(14)16/h3-9,22H,10-13H2,1-2H3. The number of fused-ring (bicyclic) bond motifs is 1. The molecule has 0 aliphatic carbocycles. The number of piperazine rings is 1. The second-order valence-electron chi connectivity index (χ2n) is 7.26. The quantitative estimate of drug-likeness (QED) is 0.566. The van der Waals surface area contributed by atoms with E-state index in [2.05, 4.69) is 49.6 Å². The van der Waals surface area contributed by atoms with E-state index in [-0.39, 0.29) is 5.97 Å². The number of aromatic nitrogens is 3. The Hall–Kier alpha value is -1.94. The van der Waals surface area contributed by atoms with Crippen molar-refractivity contribution in [1.29, 1.82) is 0 Å². The van der Waals surface area contributed by atoms with Crippen LogP contribution in [0.5, 0.6) is 0 Å². The lowest BCUT2D eigenvalue weighted by atomic mass is 10.1. The number of carbonyl (C=O) groups is 1. The number of nitrogens with zero attached hydrogens (tertiary/aromatic N) is 4. The smallest absolute Gasteiger partial charge is 0.340 e. The maximum absolute atomic E-state index is 12.8.